The van der Waals surface area contributed by atoms with Crippen molar-refractivity contribution in [3.05, 3.63) is 51.0 Å². The highest BCUT2D eigenvalue weighted by molar-refractivity contribution is 7.16. The van der Waals surface area contributed by atoms with Crippen LogP contribution in [0.25, 0.3) is 10.9 Å². The second kappa shape index (κ2) is 7.13. The Bertz CT molecular complexity index is 1150. The second-order valence-corrected chi connectivity index (χ2v) is 8.04. The third kappa shape index (κ3) is 3.16. The van der Waals surface area contributed by atoms with E-state index < -0.39 is 18.5 Å². The van der Waals surface area contributed by atoms with Gasteiger partial charge in [0.25, 0.3) is 5.91 Å². The van der Waals surface area contributed by atoms with E-state index in [1.807, 2.05) is 19.9 Å². The van der Waals surface area contributed by atoms with E-state index in [1.165, 1.54) is 11.3 Å². The highest BCUT2D eigenvalue weighted by Crippen LogP contribution is 2.38. The lowest BCUT2D eigenvalue weighted by atomic mass is 10.1. The van der Waals surface area contributed by atoms with Gasteiger partial charge in [-0.1, -0.05) is 0 Å². The van der Waals surface area contributed by atoms with Crippen molar-refractivity contribution < 1.29 is 14.3 Å². The van der Waals surface area contributed by atoms with E-state index >= 15 is 0 Å². The van der Waals surface area contributed by atoms with Gasteiger partial charge in [-0.15, -0.1) is 11.3 Å². The number of aromatic amines is 1. The number of anilines is 1. The van der Waals surface area contributed by atoms with Crippen LogP contribution in [0, 0.1) is 25.2 Å². The molecule has 1 aliphatic rings. The summed E-state index contributed by atoms with van der Waals surface area (Å²) in [4.78, 5) is 29.0. The fraction of sp³-hybridized carbons (Fsp3) is 0.286. The minimum absolute atomic E-state index is 0.393. The first-order chi connectivity index (χ1) is 13.5. The van der Waals surface area contributed by atoms with Crippen LogP contribution >= 0.6 is 11.3 Å². The Labute approximate surface area is 166 Å². The molecule has 1 aliphatic carbocycles. The highest BCUT2D eigenvalue weighted by Gasteiger charge is 2.23. The minimum atomic E-state index is -0.551. The summed E-state index contributed by atoms with van der Waals surface area (Å²) in [6.07, 6.45) is 2.87. The van der Waals surface area contributed by atoms with Gasteiger partial charge in [-0.2, -0.15) is 5.26 Å². The molecule has 1 aromatic carbocycles. The van der Waals surface area contributed by atoms with E-state index in [1.54, 1.807) is 12.1 Å². The zero-order valence-corrected chi connectivity index (χ0v) is 16.5. The minimum Gasteiger partial charge on any atom is -0.452 e. The smallest absolute Gasteiger partial charge is 0.338 e. The lowest BCUT2D eigenvalue weighted by Gasteiger charge is -2.06. The van der Waals surface area contributed by atoms with Gasteiger partial charge < -0.3 is 15.0 Å². The third-order valence-electron chi connectivity index (χ3n) is 5.16. The number of H-pyrrole nitrogens is 1. The molecule has 0 fully saturated rings. The molecule has 4 rings (SSSR count). The number of aromatic nitrogens is 1. The summed E-state index contributed by atoms with van der Waals surface area (Å²) >= 11 is 1.44. The maximum Gasteiger partial charge on any atom is 0.338 e. The van der Waals surface area contributed by atoms with E-state index in [0.717, 1.165) is 51.9 Å². The molecule has 0 spiro atoms. The normalized spacial score (nSPS) is 12.6. The molecule has 28 heavy (non-hydrogen) atoms. The number of benzene rings is 1. The molecule has 7 heteroatoms. The van der Waals surface area contributed by atoms with Gasteiger partial charge in [-0.05, 0) is 62.4 Å². The number of aryl methyl sites for hydroxylation is 3. The zero-order chi connectivity index (χ0) is 19.8. The molecular weight excluding hydrogens is 374 g/mol. The Balaban J connectivity index is 1.42. The maximum atomic E-state index is 12.3. The standard InChI is InChI=1S/C21H19N3O3S/c1-11-12(2)23-17-7-6-13(8-15(11)17)21(26)27-10-19(25)24-20-16(9-22)14-4-3-5-18(14)28-20/h6-8,23H,3-5,10H2,1-2H3,(H,24,25). The van der Waals surface area contributed by atoms with E-state index in [-0.39, 0.29) is 0 Å². The average Bonchev–Trinajstić information content (AvgIpc) is 3.33. The van der Waals surface area contributed by atoms with Crippen LogP contribution in [0.4, 0.5) is 5.00 Å². The van der Waals surface area contributed by atoms with E-state index in [4.69, 9.17) is 4.74 Å². The van der Waals surface area contributed by atoms with Crippen molar-refractivity contribution in [1.82, 2.24) is 4.98 Å². The number of hydrogen-bond acceptors (Lipinski definition) is 5. The molecule has 0 atom stereocenters. The summed E-state index contributed by atoms with van der Waals surface area (Å²) < 4.78 is 5.17. The molecule has 0 saturated heterocycles. The van der Waals surface area contributed by atoms with Crippen molar-refractivity contribution in [1.29, 1.82) is 5.26 Å². The van der Waals surface area contributed by atoms with Gasteiger partial charge in [0.05, 0.1) is 11.1 Å². The largest absolute Gasteiger partial charge is 0.452 e. The average molecular weight is 393 g/mol. The zero-order valence-electron chi connectivity index (χ0n) is 15.6. The number of carbonyl (C=O) groups excluding carboxylic acids is 2. The summed E-state index contributed by atoms with van der Waals surface area (Å²) in [6, 6.07) is 7.46. The van der Waals surface area contributed by atoms with E-state index in [0.29, 0.717) is 16.1 Å². The van der Waals surface area contributed by atoms with Crippen LogP contribution in [0.5, 0.6) is 0 Å². The number of esters is 1. The summed E-state index contributed by atoms with van der Waals surface area (Å²) in [7, 11) is 0. The fourth-order valence-electron chi connectivity index (χ4n) is 3.58. The number of rotatable bonds is 4. The molecule has 1 amide bonds. The first kappa shape index (κ1) is 18.3. The predicted molar refractivity (Wildman–Crippen MR) is 108 cm³/mol. The van der Waals surface area contributed by atoms with Crippen molar-refractivity contribution in [2.24, 2.45) is 0 Å². The quantitative estimate of drug-likeness (QED) is 0.655. The van der Waals surface area contributed by atoms with Crippen LogP contribution in [0.3, 0.4) is 0 Å². The van der Waals surface area contributed by atoms with Gasteiger partial charge in [0.15, 0.2) is 6.61 Å². The highest BCUT2D eigenvalue weighted by atomic mass is 32.1. The lowest BCUT2D eigenvalue weighted by Crippen LogP contribution is -2.20. The van der Waals surface area contributed by atoms with Gasteiger partial charge in [0.1, 0.15) is 11.1 Å². The van der Waals surface area contributed by atoms with Crippen LogP contribution in [0.15, 0.2) is 18.2 Å². The Morgan fingerprint density at radius 2 is 2.14 bits per heavy atom. The first-order valence-electron chi connectivity index (χ1n) is 9.08. The molecule has 2 heterocycles. The number of nitrogens with one attached hydrogen (secondary N) is 2. The number of ether oxygens (including phenoxy) is 1. The Morgan fingerprint density at radius 3 is 2.93 bits per heavy atom. The molecule has 2 N–H and O–H groups in total. The summed E-state index contributed by atoms with van der Waals surface area (Å²) in [5, 5.41) is 13.6. The SMILES string of the molecule is Cc1[nH]c2ccc(C(=O)OCC(=O)Nc3sc4c(c3C#N)CCC4)cc2c1C. The van der Waals surface area contributed by atoms with Crippen LogP contribution in [0.2, 0.25) is 0 Å². The molecule has 0 bridgehead atoms. The van der Waals surface area contributed by atoms with Crippen molar-refractivity contribution >= 4 is 39.1 Å². The summed E-state index contributed by atoms with van der Waals surface area (Å²) in [5.41, 5.74) is 5.08. The fourth-order valence-corrected chi connectivity index (χ4v) is 4.83. The Morgan fingerprint density at radius 1 is 1.32 bits per heavy atom. The summed E-state index contributed by atoms with van der Waals surface area (Å²) in [6.45, 7) is 3.57. The van der Waals surface area contributed by atoms with Gasteiger partial charge in [0, 0.05) is 21.5 Å². The molecule has 142 valence electrons. The Hall–Kier alpha value is -3.11. The number of amides is 1. The number of fused-ring (bicyclic) bond motifs is 2. The molecule has 0 radical (unpaired) electrons. The monoisotopic (exact) mass is 393 g/mol. The summed E-state index contributed by atoms with van der Waals surface area (Å²) in [5.74, 6) is -0.996. The third-order valence-corrected chi connectivity index (χ3v) is 6.37. The van der Waals surface area contributed by atoms with Crippen molar-refractivity contribution in [2.45, 2.75) is 33.1 Å². The van der Waals surface area contributed by atoms with Gasteiger partial charge in [0.2, 0.25) is 0 Å². The molecule has 6 nitrogen and oxygen atoms in total. The topological polar surface area (TPSA) is 95.0 Å². The number of hydrogen-bond donors (Lipinski definition) is 2. The number of nitriles is 1. The van der Waals surface area contributed by atoms with Crippen molar-refractivity contribution in [3.63, 3.8) is 0 Å². The van der Waals surface area contributed by atoms with Gasteiger partial charge >= 0.3 is 5.97 Å². The van der Waals surface area contributed by atoms with Crippen LogP contribution in [-0.2, 0) is 22.4 Å². The molecular formula is C21H19N3O3S. The van der Waals surface area contributed by atoms with Crippen LogP contribution in [-0.4, -0.2) is 23.5 Å². The van der Waals surface area contributed by atoms with Crippen LogP contribution in [0.1, 0.15) is 44.0 Å². The predicted octanol–water partition coefficient (Wildman–Crippen LogP) is 4.00. The molecule has 0 saturated carbocycles. The van der Waals surface area contributed by atoms with E-state index in [2.05, 4.69) is 16.4 Å². The number of thiophene rings is 1. The second-order valence-electron chi connectivity index (χ2n) is 6.93. The van der Waals surface area contributed by atoms with Crippen LogP contribution < -0.4 is 5.32 Å². The molecule has 0 aliphatic heterocycles. The first-order valence-corrected chi connectivity index (χ1v) is 9.90. The molecule has 3 aromatic rings. The number of carbonyl (C=O) groups is 2. The van der Waals surface area contributed by atoms with Gasteiger partial charge in [-0.3, -0.25) is 4.79 Å². The number of nitrogens with zero attached hydrogens (tertiary/aromatic N) is 1. The maximum absolute atomic E-state index is 12.3. The van der Waals surface area contributed by atoms with Gasteiger partial charge in [-0.25, -0.2) is 4.79 Å². The van der Waals surface area contributed by atoms with Crippen molar-refractivity contribution in [2.75, 3.05) is 11.9 Å². The van der Waals surface area contributed by atoms with Crippen molar-refractivity contribution in [3.8, 4) is 6.07 Å². The van der Waals surface area contributed by atoms with E-state index in [9.17, 15) is 14.9 Å². The Kier molecular flexibility index (Phi) is 4.65. The molecule has 0 unspecified atom stereocenters. The molecule has 2 aromatic heterocycles. The lowest BCUT2D eigenvalue weighted by molar-refractivity contribution is -0.119.